The molecule has 2 nitrogen and oxygen atoms in total. The highest BCUT2D eigenvalue weighted by Crippen LogP contribution is 2.23. The maximum absolute atomic E-state index is 11.7. The molecule has 1 aliphatic carbocycles. The standard InChI is InChI=1S/C10H21NOS/c1-3-8-11-9-6-5-7-10(9)13(12)4-2/h9-11H,3-8H2,1-2H3. The largest absolute Gasteiger partial charge is 0.313 e. The van der Waals surface area contributed by atoms with Gasteiger partial charge in [0.1, 0.15) is 0 Å². The lowest BCUT2D eigenvalue weighted by Crippen LogP contribution is -2.38. The number of hydrogen-bond acceptors (Lipinski definition) is 2. The van der Waals surface area contributed by atoms with Crippen LogP contribution in [0.3, 0.4) is 0 Å². The van der Waals surface area contributed by atoms with Crippen LogP contribution in [0.4, 0.5) is 0 Å². The second kappa shape index (κ2) is 5.76. The molecule has 0 aromatic rings. The van der Waals surface area contributed by atoms with E-state index in [0.717, 1.165) is 18.7 Å². The van der Waals surface area contributed by atoms with E-state index in [1.54, 1.807) is 0 Å². The Bertz CT molecular complexity index is 172. The van der Waals surface area contributed by atoms with Crippen LogP contribution in [0.5, 0.6) is 0 Å². The van der Waals surface area contributed by atoms with Crippen LogP contribution in [0.15, 0.2) is 0 Å². The summed E-state index contributed by atoms with van der Waals surface area (Å²) < 4.78 is 11.7. The summed E-state index contributed by atoms with van der Waals surface area (Å²) in [6, 6.07) is 0.528. The highest BCUT2D eigenvalue weighted by atomic mass is 32.2. The van der Waals surface area contributed by atoms with Crippen LogP contribution >= 0.6 is 0 Å². The Labute approximate surface area is 83.9 Å². The third kappa shape index (κ3) is 3.06. The van der Waals surface area contributed by atoms with E-state index in [2.05, 4.69) is 12.2 Å². The van der Waals surface area contributed by atoms with E-state index in [9.17, 15) is 4.21 Å². The summed E-state index contributed by atoms with van der Waals surface area (Å²) >= 11 is 0. The highest BCUT2D eigenvalue weighted by molar-refractivity contribution is 7.85. The van der Waals surface area contributed by atoms with Gasteiger partial charge >= 0.3 is 0 Å². The van der Waals surface area contributed by atoms with Crippen molar-refractivity contribution in [3.8, 4) is 0 Å². The molecule has 1 aliphatic rings. The van der Waals surface area contributed by atoms with Gasteiger partial charge < -0.3 is 5.32 Å². The van der Waals surface area contributed by atoms with E-state index in [0.29, 0.717) is 11.3 Å². The number of nitrogens with one attached hydrogen (secondary N) is 1. The van der Waals surface area contributed by atoms with Gasteiger partial charge in [-0.3, -0.25) is 4.21 Å². The van der Waals surface area contributed by atoms with Crippen molar-refractivity contribution in [1.29, 1.82) is 0 Å². The van der Waals surface area contributed by atoms with E-state index in [1.165, 1.54) is 19.3 Å². The Balaban J connectivity index is 2.39. The van der Waals surface area contributed by atoms with E-state index in [1.807, 2.05) is 6.92 Å². The van der Waals surface area contributed by atoms with Crippen molar-refractivity contribution >= 4 is 10.8 Å². The molecule has 78 valence electrons. The van der Waals surface area contributed by atoms with Gasteiger partial charge in [-0.25, -0.2) is 0 Å². The summed E-state index contributed by atoms with van der Waals surface area (Å²) in [5, 5.41) is 3.93. The molecule has 13 heavy (non-hydrogen) atoms. The van der Waals surface area contributed by atoms with Crippen LogP contribution in [0.1, 0.15) is 39.5 Å². The molecule has 1 fully saturated rings. The highest BCUT2D eigenvalue weighted by Gasteiger charge is 2.30. The second-order valence-corrected chi connectivity index (χ2v) is 5.64. The quantitative estimate of drug-likeness (QED) is 0.736. The maximum Gasteiger partial charge on any atom is 0.0501 e. The van der Waals surface area contributed by atoms with Gasteiger partial charge in [-0.05, 0) is 25.8 Å². The van der Waals surface area contributed by atoms with Crippen LogP contribution in [-0.4, -0.2) is 27.8 Å². The SMILES string of the molecule is CCCNC1CCCC1S(=O)CC. The van der Waals surface area contributed by atoms with Gasteiger partial charge in [0.05, 0.1) is 5.25 Å². The van der Waals surface area contributed by atoms with E-state index < -0.39 is 10.8 Å². The van der Waals surface area contributed by atoms with Crippen LogP contribution in [0.2, 0.25) is 0 Å². The molecule has 0 spiro atoms. The summed E-state index contributed by atoms with van der Waals surface area (Å²) in [6.45, 7) is 5.27. The van der Waals surface area contributed by atoms with Crippen molar-refractivity contribution < 1.29 is 4.21 Å². The molecule has 0 amide bonds. The van der Waals surface area contributed by atoms with Crippen molar-refractivity contribution in [2.45, 2.75) is 50.8 Å². The predicted octanol–water partition coefficient (Wildman–Crippen LogP) is 1.68. The lowest BCUT2D eigenvalue weighted by atomic mass is 10.2. The zero-order valence-electron chi connectivity index (χ0n) is 8.71. The Morgan fingerprint density at radius 2 is 2.15 bits per heavy atom. The van der Waals surface area contributed by atoms with Crippen LogP contribution < -0.4 is 5.32 Å². The van der Waals surface area contributed by atoms with Crippen molar-refractivity contribution in [3.63, 3.8) is 0 Å². The molecule has 1 saturated carbocycles. The Morgan fingerprint density at radius 3 is 2.77 bits per heavy atom. The number of rotatable bonds is 5. The molecule has 0 aliphatic heterocycles. The van der Waals surface area contributed by atoms with E-state index >= 15 is 0 Å². The fourth-order valence-corrected chi connectivity index (χ4v) is 3.47. The minimum absolute atomic E-state index is 0.427. The second-order valence-electron chi connectivity index (χ2n) is 3.70. The van der Waals surface area contributed by atoms with Gasteiger partial charge in [0.25, 0.3) is 0 Å². The summed E-state index contributed by atoms with van der Waals surface area (Å²) in [5.74, 6) is 0.814. The fourth-order valence-electron chi connectivity index (χ4n) is 2.02. The van der Waals surface area contributed by atoms with Gasteiger partial charge in [0.15, 0.2) is 0 Å². The molecule has 3 atom stereocenters. The first-order valence-electron chi connectivity index (χ1n) is 5.40. The average molecular weight is 203 g/mol. The third-order valence-electron chi connectivity index (χ3n) is 2.73. The molecular weight excluding hydrogens is 182 g/mol. The predicted molar refractivity (Wildman–Crippen MR) is 58.4 cm³/mol. The fraction of sp³-hybridized carbons (Fsp3) is 1.00. The molecule has 3 heteroatoms. The van der Waals surface area contributed by atoms with Crippen LogP contribution in [0.25, 0.3) is 0 Å². The van der Waals surface area contributed by atoms with Gasteiger partial charge in [-0.2, -0.15) is 0 Å². The molecule has 1 rings (SSSR count). The van der Waals surface area contributed by atoms with E-state index in [4.69, 9.17) is 0 Å². The zero-order valence-corrected chi connectivity index (χ0v) is 9.53. The van der Waals surface area contributed by atoms with Crippen molar-refractivity contribution in [1.82, 2.24) is 5.32 Å². The molecule has 0 radical (unpaired) electrons. The normalized spacial score (nSPS) is 30.6. The van der Waals surface area contributed by atoms with Crippen LogP contribution in [-0.2, 0) is 10.8 Å². The molecule has 0 aromatic carbocycles. The molecule has 0 bridgehead atoms. The van der Waals surface area contributed by atoms with Crippen molar-refractivity contribution in [3.05, 3.63) is 0 Å². The molecule has 0 saturated heterocycles. The first kappa shape index (κ1) is 11.2. The first-order chi connectivity index (χ1) is 6.29. The van der Waals surface area contributed by atoms with Crippen molar-refractivity contribution in [2.24, 2.45) is 0 Å². The molecule has 3 unspecified atom stereocenters. The van der Waals surface area contributed by atoms with E-state index in [-0.39, 0.29) is 0 Å². The van der Waals surface area contributed by atoms with Gasteiger partial charge in [-0.15, -0.1) is 0 Å². The zero-order chi connectivity index (χ0) is 9.68. The minimum atomic E-state index is -0.598. The third-order valence-corrected chi connectivity index (χ3v) is 4.54. The lowest BCUT2D eigenvalue weighted by molar-refractivity contribution is 0.523. The topological polar surface area (TPSA) is 29.1 Å². The summed E-state index contributed by atoms with van der Waals surface area (Å²) in [4.78, 5) is 0. The van der Waals surface area contributed by atoms with Crippen molar-refractivity contribution in [2.75, 3.05) is 12.3 Å². The first-order valence-corrected chi connectivity index (χ1v) is 6.78. The molecule has 1 N–H and O–H groups in total. The van der Waals surface area contributed by atoms with Crippen LogP contribution in [0, 0.1) is 0 Å². The Kier molecular flexibility index (Phi) is 4.96. The maximum atomic E-state index is 11.7. The average Bonchev–Trinajstić information content (AvgIpc) is 2.61. The Morgan fingerprint density at radius 1 is 1.38 bits per heavy atom. The summed E-state index contributed by atoms with van der Waals surface area (Å²) in [7, 11) is -0.598. The monoisotopic (exact) mass is 203 g/mol. The lowest BCUT2D eigenvalue weighted by Gasteiger charge is -2.19. The Hall–Kier alpha value is 0.110. The van der Waals surface area contributed by atoms with Gasteiger partial charge in [-0.1, -0.05) is 20.3 Å². The van der Waals surface area contributed by atoms with Gasteiger partial charge in [0.2, 0.25) is 0 Å². The molecular formula is C10H21NOS. The molecule has 0 heterocycles. The summed E-state index contributed by atoms with van der Waals surface area (Å²) in [6.07, 6.45) is 4.79. The smallest absolute Gasteiger partial charge is 0.0501 e. The summed E-state index contributed by atoms with van der Waals surface area (Å²) in [5.41, 5.74) is 0. The molecule has 0 aromatic heterocycles. The number of hydrogen-bond donors (Lipinski definition) is 1. The van der Waals surface area contributed by atoms with Gasteiger partial charge in [0, 0.05) is 22.6 Å². The minimum Gasteiger partial charge on any atom is -0.313 e.